The van der Waals surface area contributed by atoms with Gasteiger partial charge >= 0.3 is 0 Å². The molecule has 0 unspecified atom stereocenters. The van der Waals surface area contributed by atoms with E-state index in [4.69, 9.17) is 9.47 Å². The molecule has 0 aliphatic rings. The molecule has 1 heterocycles. The summed E-state index contributed by atoms with van der Waals surface area (Å²) in [4.78, 5) is 25.2. The minimum absolute atomic E-state index is 0.00688. The van der Waals surface area contributed by atoms with Crippen molar-refractivity contribution >= 4 is 29.4 Å². The molecule has 3 aromatic carbocycles. The Bertz CT molecular complexity index is 1650. The van der Waals surface area contributed by atoms with Crippen LogP contribution in [-0.2, 0) is 11.3 Å². The number of hydrogen-bond donors (Lipinski definition) is 1. The summed E-state index contributed by atoms with van der Waals surface area (Å²) in [6, 6.07) is 23.6. The van der Waals surface area contributed by atoms with Crippen LogP contribution in [-0.4, -0.2) is 29.6 Å². The number of ether oxygens (including phenoxy) is 2. The molecule has 0 saturated heterocycles. The fourth-order valence-corrected chi connectivity index (χ4v) is 5.16. The third-order valence-corrected chi connectivity index (χ3v) is 7.46. The number of benzene rings is 3. The van der Waals surface area contributed by atoms with Crippen LogP contribution in [0.3, 0.4) is 0 Å². The van der Waals surface area contributed by atoms with E-state index in [0.29, 0.717) is 11.5 Å². The molecule has 41 heavy (non-hydrogen) atoms. The Balaban J connectivity index is 1.49. The first-order chi connectivity index (χ1) is 19.7. The Morgan fingerprint density at radius 2 is 1.68 bits per heavy atom. The lowest BCUT2D eigenvalue weighted by Crippen LogP contribution is -2.24. The molecule has 1 N–H and O–H groups in total. The van der Waals surface area contributed by atoms with Gasteiger partial charge in [0.2, 0.25) is 0 Å². The first-order valence-corrected chi connectivity index (χ1v) is 13.4. The van der Waals surface area contributed by atoms with E-state index in [9.17, 15) is 20.2 Å². The third kappa shape index (κ3) is 6.77. The largest absolute Gasteiger partial charge is 0.497 e. The van der Waals surface area contributed by atoms with Crippen LogP contribution in [0.5, 0.6) is 11.5 Å². The van der Waals surface area contributed by atoms with Crippen molar-refractivity contribution < 1.29 is 19.2 Å². The molecule has 0 fully saturated rings. The number of nitriles is 1. The lowest BCUT2D eigenvalue weighted by Gasteiger charge is -2.11. The number of carbonyl (C=O) groups is 1. The number of rotatable bonds is 10. The summed E-state index contributed by atoms with van der Waals surface area (Å²) in [7, 11) is 3.11. The van der Waals surface area contributed by atoms with E-state index in [1.807, 2.05) is 50.2 Å². The first-order valence-electron chi connectivity index (χ1n) is 12.6. The molecule has 0 bridgehead atoms. The SMILES string of the molecule is COc1ccc(CNC(=O)/C(C#N)=C/c2cc(C)n(-c3ccc(Sc4ccc([N+](=O)[O-])cc4)cc3)c2C)c(OC)c1. The number of aromatic nitrogens is 1. The van der Waals surface area contributed by atoms with Gasteiger partial charge in [-0.25, -0.2) is 0 Å². The van der Waals surface area contributed by atoms with Gasteiger partial charge in [0.1, 0.15) is 23.1 Å². The maximum absolute atomic E-state index is 12.9. The molecule has 0 atom stereocenters. The normalized spacial score (nSPS) is 11.0. The average molecular weight is 569 g/mol. The van der Waals surface area contributed by atoms with Crippen molar-refractivity contribution in [3.05, 3.63) is 111 Å². The number of aryl methyl sites for hydroxylation is 1. The number of nitro benzene ring substituents is 1. The second-order valence-corrected chi connectivity index (χ2v) is 10.2. The maximum Gasteiger partial charge on any atom is 0.269 e. The molecule has 4 rings (SSSR count). The van der Waals surface area contributed by atoms with Crippen LogP contribution in [0.2, 0.25) is 0 Å². The number of nitrogens with zero attached hydrogens (tertiary/aromatic N) is 3. The zero-order valence-electron chi connectivity index (χ0n) is 23.0. The van der Waals surface area contributed by atoms with Gasteiger partial charge in [-0.15, -0.1) is 0 Å². The zero-order chi connectivity index (χ0) is 29.5. The van der Waals surface area contributed by atoms with Gasteiger partial charge in [0.15, 0.2) is 0 Å². The fourth-order valence-electron chi connectivity index (χ4n) is 4.34. The molecule has 0 aliphatic heterocycles. The van der Waals surface area contributed by atoms with Crippen LogP contribution in [0.15, 0.2) is 88.2 Å². The third-order valence-electron chi connectivity index (χ3n) is 6.45. The van der Waals surface area contributed by atoms with Crippen molar-refractivity contribution in [2.24, 2.45) is 0 Å². The van der Waals surface area contributed by atoms with Gasteiger partial charge in [-0.3, -0.25) is 14.9 Å². The Morgan fingerprint density at radius 3 is 2.27 bits per heavy atom. The number of nitro groups is 1. The topological polar surface area (TPSA) is 119 Å². The summed E-state index contributed by atoms with van der Waals surface area (Å²) in [5.41, 5.74) is 4.34. The summed E-state index contributed by atoms with van der Waals surface area (Å²) in [6.45, 7) is 4.09. The van der Waals surface area contributed by atoms with Crippen molar-refractivity contribution in [2.45, 2.75) is 30.2 Å². The second-order valence-electron chi connectivity index (χ2n) is 9.04. The van der Waals surface area contributed by atoms with Crippen LogP contribution < -0.4 is 14.8 Å². The summed E-state index contributed by atoms with van der Waals surface area (Å²) in [5, 5.41) is 23.4. The number of nitrogens with one attached hydrogen (secondary N) is 1. The highest BCUT2D eigenvalue weighted by molar-refractivity contribution is 7.99. The highest BCUT2D eigenvalue weighted by atomic mass is 32.2. The molecular weight excluding hydrogens is 540 g/mol. The summed E-state index contributed by atoms with van der Waals surface area (Å²) >= 11 is 1.51. The van der Waals surface area contributed by atoms with E-state index >= 15 is 0 Å². The van der Waals surface area contributed by atoms with Crippen molar-refractivity contribution in [1.82, 2.24) is 9.88 Å². The standard InChI is InChI=1S/C31H28N4O5S/c1-20-15-23(16-24(18-32)31(36)33-19-22-5-10-27(39-3)17-30(22)40-4)21(2)34(20)25-6-11-28(12-7-25)41-29-13-8-26(9-14-29)35(37)38/h5-17H,19H2,1-4H3,(H,33,36)/b24-16+. The Hall–Kier alpha value is -5.01. The van der Waals surface area contributed by atoms with Crippen molar-refractivity contribution in [1.29, 1.82) is 5.26 Å². The van der Waals surface area contributed by atoms with Crippen molar-refractivity contribution in [2.75, 3.05) is 14.2 Å². The number of non-ortho nitro benzene ring substituents is 1. The van der Waals surface area contributed by atoms with Crippen LogP contribution in [0.25, 0.3) is 11.8 Å². The van der Waals surface area contributed by atoms with Crippen molar-refractivity contribution in [3.8, 4) is 23.3 Å². The smallest absolute Gasteiger partial charge is 0.269 e. The number of carbonyl (C=O) groups excluding carboxylic acids is 1. The number of amides is 1. The highest BCUT2D eigenvalue weighted by Gasteiger charge is 2.15. The van der Waals surface area contributed by atoms with E-state index < -0.39 is 10.8 Å². The van der Waals surface area contributed by atoms with Crippen LogP contribution >= 0.6 is 11.8 Å². The van der Waals surface area contributed by atoms with E-state index in [1.165, 1.54) is 23.9 Å². The van der Waals surface area contributed by atoms with Gasteiger partial charge in [-0.05, 0) is 80.1 Å². The van der Waals surface area contributed by atoms with E-state index in [1.54, 1.807) is 50.6 Å². The molecular formula is C31H28N4O5S. The van der Waals surface area contributed by atoms with Gasteiger partial charge in [0, 0.05) is 57.2 Å². The lowest BCUT2D eigenvalue weighted by atomic mass is 10.1. The summed E-state index contributed by atoms with van der Waals surface area (Å²) < 4.78 is 12.7. The summed E-state index contributed by atoms with van der Waals surface area (Å²) in [5.74, 6) is 0.735. The Morgan fingerprint density at radius 1 is 1.02 bits per heavy atom. The molecule has 4 aromatic rings. The van der Waals surface area contributed by atoms with Gasteiger partial charge in [-0.2, -0.15) is 5.26 Å². The average Bonchev–Trinajstić information content (AvgIpc) is 3.27. The van der Waals surface area contributed by atoms with Gasteiger partial charge < -0.3 is 19.4 Å². The molecule has 0 radical (unpaired) electrons. The molecule has 1 aromatic heterocycles. The molecule has 1 amide bonds. The number of methoxy groups -OCH3 is 2. The minimum Gasteiger partial charge on any atom is -0.497 e. The molecule has 0 saturated carbocycles. The van der Waals surface area contributed by atoms with Crippen molar-refractivity contribution in [3.63, 3.8) is 0 Å². The quantitative estimate of drug-likeness (QED) is 0.102. The van der Waals surface area contributed by atoms with E-state index in [-0.39, 0.29) is 17.8 Å². The second kappa shape index (κ2) is 12.9. The first kappa shape index (κ1) is 29.0. The van der Waals surface area contributed by atoms with Gasteiger partial charge in [-0.1, -0.05) is 11.8 Å². The van der Waals surface area contributed by atoms with Gasteiger partial charge in [0.05, 0.1) is 19.1 Å². The lowest BCUT2D eigenvalue weighted by molar-refractivity contribution is -0.384. The molecule has 9 nitrogen and oxygen atoms in total. The molecule has 0 aliphatic carbocycles. The zero-order valence-corrected chi connectivity index (χ0v) is 23.8. The predicted molar refractivity (Wildman–Crippen MR) is 157 cm³/mol. The molecule has 0 spiro atoms. The predicted octanol–water partition coefficient (Wildman–Crippen LogP) is 6.39. The highest BCUT2D eigenvalue weighted by Crippen LogP contribution is 2.31. The van der Waals surface area contributed by atoms with E-state index in [0.717, 1.165) is 38.0 Å². The van der Waals surface area contributed by atoms with Crippen LogP contribution in [0.4, 0.5) is 5.69 Å². The minimum atomic E-state index is -0.484. The monoisotopic (exact) mass is 568 g/mol. The maximum atomic E-state index is 12.9. The van der Waals surface area contributed by atoms with Gasteiger partial charge in [0.25, 0.3) is 11.6 Å². The summed E-state index contributed by atoms with van der Waals surface area (Å²) in [6.07, 6.45) is 1.60. The van der Waals surface area contributed by atoms with Crippen LogP contribution in [0, 0.1) is 35.3 Å². The van der Waals surface area contributed by atoms with Crippen LogP contribution in [0.1, 0.15) is 22.5 Å². The fraction of sp³-hybridized carbons (Fsp3) is 0.161. The number of hydrogen-bond acceptors (Lipinski definition) is 7. The molecule has 10 heteroatoms. The Kier molecular flexibility index (Phi) is 9.12. The van der Waals surface area contributed by atoms with E-state index in [2.05, 4.69) is 9.88 Å². The Labute approximate surface area is 242 Å². The molecule has 208 valence electrons.